The van der Waals surface area contributed by atoms with E-state index in [2.05, 4.69) is 29.6 Å². The summed E-state index contributed by atoms with van der Waals surface area (Å²) in [4.78, 5) is 0. The Balaban J connectivity index is 3.09. The highest BCUT2D eigenvalue weighted by atomic mass is 16.5. The third kappa shape index (κ3) is 2.65. The molecule has 0 aliphatic carbocycles. The molecule has 3 N–H and O–H groups in total. The molecule has 0 saturated carbocycles. The van der Waals surface area contributed by atoms with E-state index in [9.17, 15) is 0 Å². The summed E-state index contributed by atoms with van der Waals surface area (Å²) >= 11 is 0. The maximum Gasteiger partial charge on any atom is 0.0934 e. The molecule has 1 aromatic rings. The standard InChI is InChI=1S/C11H23N5O/c1-5-11(6-2,17-7-3)10(14-12)9-8-13-15-16(9)4/h8,10,14H,5-7,12H2,1-4H3. The fourth-order valence-electron chi connectivity index (χ4n) is 2.30. The lowest BCUT2D eigenvalue weighted by atomic mass is 9.86. The van der Waals surface area contributed by atoms with Crippen molar-refractivity contribution in [3.05, 3.63) is 11.9 Å². The number of hydrazine groups is 1. The van der Waals surface area contributed by atoms with Crippen LogP contribution < -0.4 is 11.3 Å². The van der Waals surface area contributed by atoms with Crippen LogP contribution in [0.3, 0.4) is 0 Å². The van der Waals surface area contributed by atoms with Crippen LogP contribution in [0.4, 0.5) is 0 Å². The van der Waals surface area contributed by atoms with Crippen LogP contribution >= 0.6 is 0 Å². The minimum atomic E-state index is -0.320. The highest BCUT2D eigenvalue weighted by molar-refractivity contribution is 5.09. The van der Waals surface area contributed by atoms with E-state index in [-0.39, 0.29) is 11.6 Å². The van der Waals surface area contributed by atoms with Crippen molar-refractivity contribution in [2.24, 2.45) is 12.9 Å². The van der Waals surface area contributed by atoms with E-state index in [1.807, 2.05) is 14.0 Å². The largest absolute Gasteiger partial charge is 0.373 e. The quantitative estimate of drug-likeness (QED) is 0.548. The molecule has 0 bridgehead atoms. The predicted octanol–water partition coefficient (Wildman–Crippen LogP) is 0.915. The molecule has 17 heavy (non-hydrogen) atoms. The van der Waals surface area contributed by atoms with E-state index in [0.29, 0.717) is 6.61 Å². The summed E-state index contributed by atoms with van der Waals surface area (Å²) in [6.07, 6.45) is 3.47. The van der Waals surface area contributed by atoms with Gasteiger partial charge in [-0.05, 0) is 19.8 Å². The van der Waals surface area contributed by atoms with Gasteiger partial charge >= 0.3 is 0 Å². The molecule has 0 aliphatic rings. The third-order valence-corrected chi connectivity index (χ3v) is 3.37. The number of ether oxygens (including phenoxy) is 1. The lowest BCUT2D eigenvalue weighted by molar-refractivity contribution is -0.0750. The van der Waals surface area contributed by atoms with Crippen molar-refractivity contribution in [2.75, 3.05) is 6.61 Å². The molecule has 0 spiro atoms. The number of nitrogens with one attached hydrogen (secondary N) is 1. The Bertz CT molecular complexity index is 334. The van der Waals surface area contributed by atoms with Crippen molar-refractivity contribution in [3.63, 3.8) is 0 Å². The van der Waals surface area contributed by atoms with Crippen LogP contribution in [-0.2, 0) is 11.8 Å². The SMILES string of the molecule is CCOC(CC)(CC)C(NN)c1cnnn1C. The van der Waals surface area contributed by atoms with E-state index in [1.165, 1.54) is 0 Å². The van der Waals surface area contributed by atoms with Gasteiger partial charge in [0.05, 0.1) is 23.5 Å². The Morgan fingerprint density at radius 3 is 2.47 bits per heavy atom. The minimum Gasteiger partial charge on any atom is -0.373 e. The normalized spacial score (nSPS) is 13.9. The zero-order chi connectivity index (χ0) is 12.9. The van der Waals surface area contributed by atoms with Gasteiger partial charge in [-0.2, -0.15) is 0 Å². The van der Waals surface area contributed by atoms with Crippen LogP contribution in [-0.4, -0.2) is 27.2 Å². The molecule has 0 aromatic carbocycles. The van der Waals surface area contributed by atoms with Gasteiger partial charge in [-0.3, -0.25) is 10.5 Å². The molecule has 1 rings (SSSR count). The van der Waals surface area contributed by atoms with Crippen LogP contribution in [0, 0.1) is 0 Å². The predicted molar refractivity (Wildman–Crippen MR) is 66.0 cm³/mol. The minimum absolute atomic E-state index is 0.113. The van der Waals surface area contributed by atoms with Gasteiger partial charge in [0, 0.05) is 13.7 Å². The van der Waals surface area contributed by atoms with Crippen LogP contribution in [0.15, 0.2) is 6.20 Å². The molecular formula is C11H23N5O. The maximum atomic E-state index is 5.95. The summed E-state index contributed by atoms with van der Waals surface area (Å²) in [6.45, 7) is 6.86. The zero-order valence-electron chi connectivity index (χ0n) is 11.1. The van der Waals surface area contributed by atoms with E-state index in [0.717, 1.165) is 18.5 Å². The molecule has 0 fully saturated rings. The van der Waals surface area contributed by atoms with Crippen molar-refractivity contribution in [2.45, 2.75) is 45.3 Å². The molecule has 0 radical (unpaired) electrons. The average molecular weight is 241 g/mol. The number of nitrogens with zero attached hydrogens (tertiary/aromatic N) is 3. The van der Waals surface area contributed by atoms with E-state index in [1.54, 1.807) is 10.9 Å². The molecule has 6 heteroatoms. The third-order valence-electron chi connectivity index (χ3n) is 3.37. The maximum absolute atomic E-state index is 5.95. The number of hydrogen-bond acceptors (Lipinski definition) is 5. The summed E-state index contributed by atoms with van der Waals surface area (Å²) in [7, 11) is 1.86. The lowest BCUT2D eigenvalue weighted by Crippen LogP contribution is -2.48. The Morgan fingerprint density at radius 1 is 1.47 bits per heavy atom. The van der Waals surface area contributed by atoms with E-state index >= 15 is 0 Å². The van der Waals surface area contributed by atoms with Gasteiger partial charge < -0.3 is 4.74 Å². The van der Waals surface area contributed by atoms with Crippen LogP contribution in [0.5, 0.6) is 0 Å². The first kappa shape index (κ1) is 14.1. The Hall–Kier alpha value is -0.980. The van der Waals surface area contributed by atoms with Crippen LogP contribution in [0.1, 0.15) is 45.3 Å². The fraction of sp³-hybridized carbons (Fsp3) is 0.818. The second-order valence-corrected chi connectivity index (χ2v) is 4.09. The first-order chi connectivity index (χ1) is 8.15. The number of aromatic nitrogens is 3. The molecule has 1 heterocycles. The lowest BCUT2D eigenvalue weighted by Gasteiger charge is -2.38. The Labute approximate surface area is 102 Å². The summed E-state index contributed by atoms with van der Waals surface area (Å²) in [6, 6.07) is -0.113. The van der Waals surface area contributed by atoms with Gasteiger partial charge in [-0.15, -0.1) is 5.10 Å². The number of rotatable bonds is 7. The zero-order valence-corrected chi connectivity index (χ0v) is 11.1. The molecule has 6 nitrogen and oxygen atoms in total. The van der Waals surface area contributed by atoms with Crippen molar-refractivity contribution in [1.82, 2.24) is 20.4 Å². The average Bonchev–Trinajstić information content (AvgIpc) is 2.75. The Kier molecular flexibility index (Phi) is 5.04. The molecule has 1 unspecified atom stereocenters. The Morgan fingerprint density at radius 2 is 2.12 bits per heavy atom. The molecule has 1 atom stereocenters. The molecule has 1 aromatic heterocycles. The molecule has 0 saturated heterocycles. The second-order valence-electron chi connectivity index (χ2n) is 4.09. The van der Waals surface area contributed by atoms with E-state index in [4.69, 9.17) is 10.6 Å². The molecule has 98 valence electrons. The van der Waals surface area contributed by atoms with Crippen LogP contribution in [0.2, 0.25) is 0 Å². The first-order valence-electron chi connectivity index (χ1n) is 6.09. The number of nitrogens with two attached hydrogens (primary N) is 1. The molecule has 0 amide bonds. The summed E-state index contributed by atoms with van der Waals surface area (Å²) < 4.78 is 7.67. The number of aryl methyl sites for hydroxylation is 1. The highest BCUT2D eigenvalue weighted by Gasteiger charge is 2.38. The summed E-state index contributed by atoms with van der Waals surface area (Å²) in [5.41, 5.74) is 3.46. The van der Waals surface area contributed by atoms with Crippen molar-refractivity contribution in [3.8, 4) is 0 Å². The molecular weight excluding hydrogens is 218 g/mol. The van der Waals surface area contributed by atoms with E-state index < -0.39 is 0 Å². The summed E-state index contributed by atoms with van der Waals surface area (Å²) in [5.74, 6) is 5.70. The molecule has 0 aliphatic heterocycles. The van der Waals surface area contributed by atoms with Gasteiger partial charge in [0.1, 0.15) is 0 Å². The smallest absolute Gasteiger partial charge is 0.0934 e. The van der Waals surface area contributed by atoms with Gasteiger partial charge in [-0.25, -0.2) is 5.43 Å². The highest BCUT2D eigenvalue weighted by Crippen LogP contribution is 2.34. The van der Waals surface area contributed by atoms with Crippen molar-refractivity contribution >= 4 is 0 Å². The van der Waals surface area contributed by atoms with Gasteiger partial charge in [0.2, 0.25) is 0 Å². The fourth-order valence-corrected chi connectivity index (χ4v) is 2.30. The summed E-state index contributed by atoms with van der Waals surface area (Å²) in [5, 5.41) is 7.84. The van der Waals surface area contributed by atoms with Crippen LogP contribution in [0.25, 0.3) is 0 Å². The number of hydrogen-bond donors (Lipinski definition) is 2. The topological polar surface area (TPSA) is 78.0 Å². The second kappa shape index (κ2) is 6.09. The van der Waals surface area contributed by atoms with Crippen molar-refractivity contribution < 1.29 is 4.74 Å². The first-order valence-corrected chi connectivity index (χ1v) is 6.09. The van der Waals surface area contributed by atoms with Gasteiger partial charge in [-0.1, -0.05) is 19.1 Å². The van der Waals surface area contributed by atoms with Gasteiger partial charge in [0.15, 0.2) is 0 Å². The van der Waals surface area contributed by atoms with Crippen molar-refractivity contribution in [1.29, 1.82) is 0 Å². The van der Waals surface area contributed by atoms with Gasteiger partial charge in [0.25, 0.3) is 0 Å². The monoisotopic (exact) mass is 241 g/mol.